The van der Waals surface area contributed by atoms with Gasteiger partial charge < -0.3 is 0 Å². The first-order valence-electron chi connectivity index (χ1n) is 5.57. The molecule has 0 aliphatic carbocycles. The maximum atomic E-state index is 13.3. The second kappa shape index (κ2) is 4.56. The molecule has 0 aliphatic heterocycles. The minimum absolute atomic E-state index is 0.340. The quantitative estimate of drug-likeness (QED) is 0.716. The standard InChI is InChI=1S/C13H8F2N4/c14-9-5-10(15)7-11(6-9)19-8-17-18-13(19)12-3-1-2-4-16-12/h1-8H/p+1. The normalized spacial score (nSPS) is 10.6. The summed E-state index contributed by atoms with van der Waals surface area (Å²) in [6.07, 6.45) is 3.07. The van der Waals surface area contributed by atoms with Crippen molar-refractivity contribution in [3.8, 4) is 17.2 Å². The molecule has 0 saturated heterocycles. The summed E-state index contributed by atoms with van der Waals surface area (Å²) in [6.45, 7) is 0. The molecular weight excluding hydrogens is 250 g/mol. The van der Waals surface area contributed by atoms with Crippen LogP contribution in [0.2, 0.25) is 0 Å². The second-order valence-electron chi connectivity index (χ2n) is 3.92. The van der Waals surface area contributed by atoms with Crippen molar-refractivity contribution in [1.29, 1.82) is 0 Å². The van der Waals surface area contributed by atoms with Gasteiger partial charge in [-0.25, -0.2) is 13.8 Å². The number of hydrogen-bond donors (Lipinski definition) is 1. The van der Waals surface area contributed by atoms with E-state index in [1.165, 1.54) is 23.0 Å². The van der Waals surface area contributed by atoms with E-state index in [9.17, 15) is 8.78 Å². The smallest absolute Gasteiger partial charge is 0.250 e. The molecule has 3 rings (SSSR count). The molecule has 0 saturated carbocycles. The zero-order chi connectivity index (χ0) is 13.2. The van der Waals surface area contributed by atoms with E-state index >= 15 is 0 Å². The Kier molecular flexibility index (Phi) is 2.75. The Morgan fingerprint density at radius 1 is 1.05 bits per heavy atom. The molecule has 1 N–H and O–H groups in total. The van der Waals surface area contributed by atoms with E-state index in [0.717, 1.165) is 6.07 Å². The first kappa shape index (κ1) is 11.5. The van der Waals surface area contributed by atoms with E-state index in [1.807, 2.05) is 6.07 Å². The summed E-state index contributed by atoms with van der Waals surface area (Å²) in [5.74, 6) is -0.739. The minimum atomic E-state index is -0.643. The van der Waals surface area contributed by atoms with Crippen molar-refractivity contribution in [2.45, 2.75) is 0 Å². The maximum absolute atomic E-state index is 13.3. The van der Waals surface area contributed by atoms with Gasteiger partial charge in [0.25, 0.3) is 12.2 Å². The second-order valence-corrected chi connectivity index (χ2v) is 3.92. The summed E-state index contributed by atoms with van der Waals surface area (Å²) in [4.78, 5) is 4.17. The van der Waals surface area contributed by atoms with Crippen LogP contribution in [0.15, 0.2) is 48.9 Å². The third kappa shape index (κ3) is 2.20. The van der Waals surface area contributed by atoms with Crippen molar-refractivity contribution in [3.63, 3.8) is 0 Å². The summed E-state index contributed by atoms with van der Waals surface area (Å²) in [7, 11) is 0. The van der Waals surface area contributed by atoms with E-state index in [2.05, 4.69) is 15.2 Å². The van der Waals surface area contributed by atoms with Gasteiger partial charge in [-0.3, -0.25) is 0 Å². The predicted octanol–water partition coefficient (Wildman–Crippen LogP) is 2.03. The fraction of sp³-hybridized carbons (Fsp3) is 0. The molecule has 3 aromatic rings. The average molecular weight is 259 g/mol. The molecule has 0 aliphatic rings. The predicted molar refractivity (Wildman–Crippen MR) is 63.3 cm³/mol. The topological polar surface area (TPSA) is 45.5 Å². The number of aromatic amines is 1. The summed E-state index contributed by atoms with van der Waals surface area (Å²) in [5.41, 5.74) is 0.969. The zero-order valence-corrected chi connectivity index (χ0v) is 9.72. The Hall–Kier alpha value is -2.63. The Bertz CT molecular complexity index is 689. The maximum Gasteiger partial charge on any atom is 0.288 e. The molecule has 1 aromatic carbocycles. The molecular formula is C13H9F2N4+. The van der Waals surface area contributed by atoms with Crippen molar-refractivity contribution < 1.29 is 13.3 Å². The fourth-order valence-electron chi connectivity index (χ4n) is 1.82. The largest absolute Gasteiger partial charge is 0.288 e. The lowest BCUT2D eigenvalue weighted by molar-refractivity contribution is -0.584. The SMILES string of the molecule is Fc1cc(F)cc(-[n+]2cn[nH]c2-c2ccccn2)c1. The number of nitrogens with one attached hydrogen (secondary N) is 1. The van der Waals surface area contributed by atoms with Crippen LogP contribution in [0.5, 0.6) is 0 Å². The molecule has 2 heterocycles. The summed E-state index contributed by atoms with van der Waals surface area (Å²) in [6, 6.07) is 8.66. The molecule has 6 heteroatoms. The van der Waals surface area contributed by atoms with Crippen LogP contribution < -0.4 is 4.57 Å². The van der Waals surface area contributed by atoms with Gasteiger partial charge in [0, 0.05) is 29.5 Å². The number of H-pyrrole nitrogens is 1. The van der Waals surface area contributed by atoms with Crippen LogP contribution in [-0.4, -0.2) is 15.2 Å². The van der Waals surface area contributed by atoms with Crippen LogP contribution in [0.1, 0.15) is 0 Å². The molecule has 0 bridgehead atoms. The fourth-order valence-corrected chi connectivity index (χ4v) is 1.82. The monoisotopic (exact) mass is 259 g/mol. The number of halogens is 2. The first-order chi connectivity index (χ1) is 9.24. The van der Waals surface area contributed by atoms with Gasteiger partial charge in [0.15, 0.2) is 0 Å². The molecule has 94 valence electrons. The van der Waals surface area contributed by atoms with Crippen molar-refractivity contribution in [3.05, 3.63) is 60.6 Å². The number of pyridine rings is 1. The molecule has 0 unspecified atom stereocenters. The lowest BCUT2D eigenvalue weighted by atomic mass is 10.2. The molecule has 4 nitrogen and oxygen atoms in total. The van der Waals surface area contributed by atoms with Crippen molar-refractivity contribution in [1.82, 2.24) is 15.2 Å². The van der Waals surface area contributed by atoms with E-state index in [4.69, 9.17) is 0 Å². The Morgan fingerprint density at radius 3 is 2.53 bits per heavy atom. The van der Waals surface area contributed by atoms with Gasteiger partial charge in [0.05, 0.1) is 0 Å². The lowest BCUT2D eigenvalue weighted by Gasteiger charge is -2.01. The van der Waals surface area contributed by atoms with Gasteiger partial charge >= 0.3 is 0 Å². The van der Waals surface area contributed by atoms with Crippen LogP contribution in [-0.2, 0) is 0 Å². The van der Waals surface area contributed by atoms with Crippen molar-refractivity contribution in [2.24, 2.45) is 0 Å². The summed E-state index contributed by atoms with van der Waals surface area (Å²) >= 11 is 0. The van der Waals surface area contributed by atoms with Gasteiger partial charge in [0.2, 0.25) is 0 Å². The van der Waals surface area contributed by atoms with E-state index in [-0.39, 0.29) is 0 Å². The highest BCUT2D eigenvalue weighted by Crippen LogP contribution is 2.12. The highest BCUT2D eigenvalue weighted by Gasteiger charge is 2.17. The molecule has 2 aromatic heterocycles. The molecule has 0 amide bonds. The Labute approximate surface area is 107 Å². The Morgan fingerprint density at radius 2 is 1.84 bits per heavy atom. The third-order valence-electron chi connectivity index (χ3n) is 2.62. The van der Waals surface area contributed by atoms with Crippen LogP contribution in [0, 0.1) is 11.6 Å². The molecule has 0 fully saturated rings. The van der Waals surface area contributed by atoms with Gasteiger partial charge in [0.1, 0.15) is 23.0 Å². The van der Waals surface area contributed by atoms with E-state index < -0.39 is 11.6 Å². The first-order valence-corrected chi connectivity index (χ1v) is 5.57. The molecule has 0 radical (unpaired) electrons. The molecule has 0 spiro atoms. The van der Waals surface area contributed by atoms with Crippen molar-refractivity contribution in [2.75, 3.05) is 0 Å². The number of hydrogen-bond acceptors (Lipinski definition) is 2. The lowest BCUT2D eigenvalue weighted by Crippen LogP contribution is -2.31. The van der Waals surface area contributed by atoms with Gasteiger partial charge in [-0.1, -0.05) is 6.07 Å². The van der Waals surface area contributed by atoms with Gasteiger partial charge in [-0.05, 0) is 12.1 Å². The van der Waals surface area contributed by atoms with E-state index in [0.29, 0.717) is 17.2 Å². The Balaban J connectivity index is 2.15. The third-order valence-corrected chi connectivity index (χ3v) is 2.62. The number of nitrogens with zero attached hydrogens (tertiary/aromatic N) is 3. The zero-order valence-electron chi connectivity index (χ0n) is 9.72. The number of rotatable bonds is 2. The van der Waals surface area contributed by atoms with Gasteiger partial charge in [-0.2, -0.15) is 4.57 Å². The molecule has 19 heavy (non-hydrogen) atoms. The number of benzene rings is 1. The highest BCUT2D eigenvalue weighted by atomic mass is 19.1. The van der Waals surface area contributed by atoms with Crippen LogP contribution >= 0.6 is 0 Å². The highest BCUT2D eigenvalue weighted by molar-refractivity contribution is 5.45. The number of aromatic nitrogens is 4. The van der Waals surface area contributed by atoms with Crippen LogP contribution in [0.3, 0.4) is 0 Å². The van der Waals surface area contributed by atoms with E-state index in [1.54, 1.807) is 18.3 Å². The minimum Gasteiger partial charge on any atom is -0.250 e. The average Bonchev–Trinajstić information content (AvgIpc) is 2.88. The van der Waals surface area contributed by atoms with Crippen LogP contribution in [0.4, 0.5) is 8.78 Å². The van der Waals surface area contributed by atoms with Gasteiger partial charge in [-0.15, -0.1) is 5.10 Å². The van der Waals surface area contributed by atoms with Crippen LogP contribution in [0.25, 0.3) is 17.2 Å². The summed E-state index contributed by atoms with van der Waals surface area (Å²) in [5, 5.41) is 6.65. The molecule has 0 atom stereocenters. The van der Waals surface area contributed by atoms with Crippen molar-refractivity contribution >= 4 is 0 Å². The summed E-state index contributed by atoms with van der Waals surface area (Å²) < 4.78 is 28.0.